The summed E-state index contributed by atoms with van der Waals surface area (Å²) in [6.07, 6.45) is 1.14. The molecule has 0 aliphatic heterocycles. The normalized spacial score (nSPS) is 17.2. The van der Waals surface area contributed by atoms with Crippen LogP contribution in [-0.4, -0.2) is 17.1 Å². The van der Waals surface area contributed by atoms with Crippen molar-refractivity contribution in [1.29, 1.82) is 0 Å². The van der Waals surface area contributed by atoms with Crippen LogP contribution in [-0.2, 0) is 5.60 Å². The minimum absolute atomic E-state index is 0.125. The smallest absolute Gasteiger partial charge is 0.316 e. The highest BCUT2D eigenvalue weighted by atomic mass is 16.6. The van der Waals surface area contributed by atoms with Crippen molar-refractivity contribution in [2.75, 3.05) is 7.11 Å². The Bertz CT molecular complexity index is 412. The van der Waals surface area contributed by atoms with E-state index in [4.69, 9.17) is 4.74 Å². The number of aliphatic hydroxyl groups is 1. The van der Waals surface area contributed by atoms with Crippen molar-refractivity contribution in [3.8, 4) is 5.75 Å². The molecule has 0 saturated heterocycles. The van der Waals surface area contributed by atoms with Crippen LogP contribution in [0.3, 0.4) is 0 Å². The maximum atomic E-state index is 10.9. The molecule has 1 fully saturated rings. The standard InChI is InChI=1S/C10H11NO4/c1-15-8-4-2-3-7(9(8)11(13)14)10(12)5-6-10/h2-4,12H,5-6H2,1H3. The van der Waals surface area contributed by atoms with Gasteiger partial charge in [-0.15, -0.1) is 0 Å². The van der Waals surface area contributed by atoms with E-state index in [-0.39, 0.29) is 11.4 Å². The molecule has 0 heterocycles. The first kappa shape index (κ1) is 9.92. The molecule has 0 aromatic heterocycles. The van der Waals surface area contributed by atoms with Gasteiger partial charge in [0.25, 0.3) is 0 Å². The summed E-state index contributed by atoms with van der Waals surface area (Å²) >= 11 is 0. The molecular weight excluding hydrogens is 198 g/mol. The van der Waals surface area contributed by atoms with Crippen LogP contribution in [0.2, 0.25) is 0 Å². The van der Waals surface area contributed by atoms with Gasteiger partial charge in [-0.2, -0.15) is 0 Å². The number of nitro groups is 1. The maximum absolute atomic E-state index is 10.9. The number of hydrogen-bond acceptors (Lipinski definition) is 4. The van der Waals surface area contributed by atoms with Gasteiger partial charge < -0.3 is 9.84 Å². The molecule has 1 aromatic carbocycles. The van der Waals surface area contributed by atoms with Crippen LogP contribution < -0.4 is 4.74 Å². The Labute approximate surface area is 86.4 Å². The van der Waals surface area contributed by atoms with Gasteiger partial charge in [0, 0.05) is 0 Å². The maximum Gasteiger partial charge on any atom is 0.316 e. The Morgan fingerprint density at radius 3 is 2.67 bits per heavy atom. The van der Waals surface area contributed by atoms with Gasteiger partial charge >= 0.3 is 5.69 Å². The molecule has 0 radical (unpaired) electrons. The number of benzene rings is 1. The fourth-order valence-corrected chi connectivity index (χ4v) is 1.64. The van der Waals surface area contributed by atoms with Gasteiger partial charge in [-0.3, -0.25) is 10.1 Å². The number of ether oxygens (including phenoxy) is 1. The van der Waals surface area contributed by atoms with E-state index in [1.165, 1.54) is 13.2 Å². The second-order valence-corrected chi connectivity index (χ2v) is 3.65. The second kappa shape index (κ2) is 3.20. The molecule has 1 N–H and O–H groups in total. The van der Waals surface area contributed by atoms with E-state index in [2.05, 4.69) is 0 Å². The average molecular weight is 209 g/mol. The molecule has 1 saturated carbocycles. The summed E-state index contributed by atoms with van der Waals surface area (Å²) in [7, 11) is 1.38. The van der Waals surface area contributed by atoms with Crippen molar-refractivity contribution in [2.45, 2.75) is 18.4 Å². The zero-order valence-corrected chi connectivity index (χ0v) is 8.27. The fraction of sp³-hybridized carbons (Fsp3) is 0.400. The largest absolute Gasteiger partial charge is 0.490 e. The van der Waals surface area contributed by atoms with Crippen molar-refractivity contribution in [3.05, 3.63) is 33.9 Å². The molecule has 0 amide bonds. The Balaban J connectivity index is 2.58. The Kier molecular flexibility index (Phi) is 2.12. The molecule has 1 aliphatic rings. The molecule has 0 spiro atoms. The predicted octanol–water partition coefficient (Wildman–Crippen LogP) is 1.58. The van der Waals surface area contributed by atoms with Gasteiger partial charge in [-0.25, -0.2) is 0 Å². The highest BCUT2D eigenvalue weighted by Gasteiger charge is 2.47. The highest BCUT2D eigenvalue weighted by Crippen LogP contribution is 2.50. The number of hydrogen-bond donors (Lipinski definition) is 1. The molecule has 1 aromatic rings. The third-order valence-corrected chi connectivity index (χ3v) is 2.63. The predicted molar refractivity (Wildman–Crippen MR) is 52.8 cm³/mol. The molecular formula is C10H11NO4. The highest BCUT2D eigenvalue weighted by molar-refractivity contribution is 5.56. The van der Waals surface area contributed by atoms with E-state index < -0.39 is 10.5 Å². The molecule has 5 nitrogen and oxygen atoms in total. The SMILES string of the molecule is COc1cccc(C2(O)CC2)c1[N+](=O)[O-]. The number of rotatable bonds is 3. The zero-order valence-electron chi connectivity index (χ0n) is 8.27. The first-order chi connectivity index (χ1) is 7.08. The minimum atomic E-state index is -1.02. The Morgan fingerprint density at radius 2 is 2.20 bits per heavy atom. The van der Waals surface area contributed by atoms with E-state index in [0.29, 0.717) is 18.4 Å². The van der Waals surface area contributed by atoms with Crippen LogP contribution in [0.25, 0.3) is 0 Å². The average Bonchev–Trinajstić information content (AvgIpc) is 2.96. The monoisotopic (exact) mass is 209 g/mol. The molecule has 0 unspecified atom stereocenters. The molecule has 2 rings (SSSR count). The zero-order chi connectivity index (χ0) is 11.1. The van der Waals surface area contributed by atoms with Gasteiger partial charge in [0.05, 0.1) is 23.2 Å². The van der Waals surface area contributed by atoms with Crippen molar-refractivity contribution in [3.63, 3.8) is 0 Å². The minimum Gasteiger partial charge on any atom is -0.490 e. The third-order valence-electron chi connectivity index (χ3n) is 2.63. The van der Waals surface area contributed by atoms with Crippen molar-refractivity contribution in [2.24, 2.45) is 0 Å². The molecule has 0 atom stereocenters. The van der Waals surface area contributed by atoms with Gasteiger partial charge in [0.1, 0.15) is 0 Å². The third kappa shape index (κ3) is 1.55. The lowest BCUT2D eigenvalue weighted by molar-refractivity contribution is -0.387. The van der Waals surface area contributed by atoms with Gasteiger partial charge in [-0.1, -0.05) is 6.07 Å². The summed E-state index contributed by atoms with van der Waals surface area (Å²) in [4.78, 5) is 10.4. The second-order valence-electron chi connectivity index (χ2n) is 3.65. The van der Waals surface area contributed by atoms with Crippen LogP contribution in [0.1, 0.15) is 18.4 Å². The van der Waals surface area contributed by atoms with Gasteiger partial charge in [-0.05, 0) is 25.0 Å². The summed E-state index contributed by atoms with van der Waals surface area (Å²) in [6, 6.07) is 4.75. The van der Waals surface area contributed by atoms with Crippen molar-refractivity contribution < 1.29 is 14.8 Å². The number of nitrogens with zero attached hydrogens (tertiary/aromatic N) is 1. The molecule has 1 aliphatic carbocycles. The topological polar surface area (TPSA) is 72.6 Å². The first-order valence-corrected chi connectivity index (χ1v) is 4.63. The number of nitro benzene ring substituents is 1. The summed E-state index contributed by atoms with van der Waals surface area (Å²) in [5, 5.41) is 20.8. The van der Waals surface area contributed by atoms with Crippen LogP contribution in [0, 0.1) is 10.1 Å². The lowest BCUT2D eigenvalue weighted by Crippen LogP contribution is -2.09. The summed E-state index contributed by atoms with van der Waals surface area (Å²) < 4.78 is 4.92. The Morgan fingerprint density at radius 1 is 1.53 bits per heavy atom. The number of methoxy groups -OCH3 is 1. The van der Waals surface area contributed by atoms with Crippen LogP contribution in [0.15, 0.2) is 18.2 Å². The fourth-order valence-electron chi connectivity index (χ4n) is 1.64. The van der Waals surface area contributed by atoms with E-state index >= 15 is 0 Å². The Hall–Kier alpha value is -1.62. The van der Waals surface area contributed by atoms with Gasteiger partial charge in [0.15, 0.2) is 5.75 Å². The summed E-state index contributed by atoms with van der Waals surface area (Å²) in [5.74, 6) is 0.192. The summed E-state index contributed by atoms with van der Waals surface area (Å²) in [5.41, 5.74) is -0.788. The summed E-state index contributed by atoms with van der Waals surface area (Å²) in [6.45, 7) is 0. The van der Waals surface area contributed by atoms with Crippen molar-refractivity contribution >= 4 is 5.69 Å². The van der Waals surface area contributed by atoms with Crippen LogP contribution in [0.5, 0.6) is 5.75 Å². The van der Waals surface area contributed by atoms with E-state index in [1.54, 1.807) is 12.1 Å². The van der Waals surface area contributed by atoms with E-state index in [1.807, 2.05) is 0 Å². The first-order valence-electron chi connectivity index (χ1n) is 4.63. The lowest BCUT2D eigenvalue weighted by atomic mass is 10.0. The van der Waals surface area contributed by atoms with Gasteiger partial charge in [0.2, 0.25) is 0 Å². The quantitative estimate of drug-likeness (QED) is 0.606. The van der Waals surface area contributed by atoms with Crippen LogP contribution in [0.4, 0.5) is 5.69 Å². The number of para-hydroxylation sites is 1. The lowest BCUT2D eigenvalue weighted by Gasteiger charge is -2.10. The molecule has 5 heteroatoms. The van der Waals surface area contributed by atoms with Crippen LogP contribution >= 0.6 is 0 Å². The van der Waals surface area contributed by atoms with Crippen molar-refractivity contribution in [1.82, 2.24) is 0 Å². The molecule has 15 heavy (non-hydrogen) atoms. The van der Waals surface area contributed by atoms with E-state index in [0.717, 1.165) is 0 Å². The molecule has 80 valence electrons. The molecule has 0 bridgehead atoms. The van der Waals surface area contributed by atoms with E-state index in [9.17, 15) is 15.2 Å².